The van der Waals surface area contributed by atoms with Crippen LogP contribution in [-0.4, -0.2) is 11.1 Å². The normalized spacial score (nSPS) is 10.8. The molecule has 0 spiro atoms. The van der Waals surface area contributed by atoms with E-state index in [0.29, 0.717) is 16.5 Å². The number of benzene rings is 1. The predicted octanol–water partition coefficient (Wildman–Crippen LogP) is 4.33. The largest absolute Gasteiger partial charge is 0.294 e. The average Bonchev–Trinajstić information content (AvgIpc) is 2.28. The lowest BCUT2D eigenvalue weighted by molar-refractivity contribution is 0.0989. The summed E-state index contributed by atoms with van der Waals surface area (Å²) in [4.78, 5) is 11.6. The van der Waals surface area contributed by atoms with Crippen LogP contribution in [0, 0.1) is 0 Å². The Balaban J connectivity index is 3.08. The van der Waals surface area contributed by atoms with Gasteiger partial charge in [-0.05, 0) is 23.8 Å². The van der Waals surface area contributed by atoms with Gasteiger partial charge in [-0.3, -0.25) is 4.79 Å². The fourth-order valence-electron chi connectivity index (χ4n) is 1.31. The van der Waals surface area contributed by atoms with Crippen LogP contribution in [0.3, 0.4) is 0 Å². The minimum Gasteiger partial charge on any atom is -0.294 e. The minimum absolute atomic E-state index is 0.120. The van der Waals surface area contributed by atoms with Gasteiger partial charge in [0.2, 0.25) is 0 Å². The number of hydrogen-bond acceptors (Lipinski definition) is 1. The van der Waals surface area contributed by atoms with Crippen molar-refractivity contribution < 1.29 is 13.6 Å². The lowest BCUT2D eigenvalue weighted by atomic mass is 10.0. The Hall–Kier alpha value is -0.480. The summed E-state index contributed by atoms with van der Waals surface area (Å²) < 4.78 is 25.1. The predicted molar refractivity (Wildman–Crippen MR) is 63.7 cm³/mol. The van der Waals surface area contributed by atoms with Gasteiger partial charge in [-0.15, -0.1) is 11.6 Å². The highest BCUT2D eigenvalue weighted by atomic mass is 79.9. The third-order valence-corrected chi connectivity index (χ3v) is 2.77. The van der Waals surface area contributed by atoms with Crippen molar-refractivity contribution in [1.29, 1.82) is 0 Å². The molecule has 0 bridgehead atoms. The quantitative estimate of drug-likeness (QED) is 0.584. The van der Waals surface area contributed by atoms with Crippen molar-refractivity contribution in [2.24, 2.45) is 0 Å². The summed E-state index contributed by atoms with van der Waals surface area (Å²) in [6.07, 6.45) is -2.30. The van der Waals surface area contributed by atoms with Gasteiger partial charge in [-0.1, -0.05) is 15.9 Å². The van der Waals surface area contributed by atoms with Crippen molar-refractivity contribution in [1.82, 2.24) is 0 Å². The van der Waals surface area contributed by atoms with E-state index in [1.165, 1.54) is 12.1 Å². The molecule has 0 saturated carbocycles. The zero-order valence-corrected chi connectivity index (χ0v) is 10.7. The van der Waals surface area contributed by atoms with Crippen molar-refractivity contribution >= 4 is 33.3 Å². The molecule has 0 saturated heterocycles. The highest BCUT2D eigenvalue weighted by Crippen LogP contribution is 2.23. The third kappa shape index (κ3) is 3.52. The van der Waals surface area contributed by atoms with E-state index in [4.69, 9.17) is 11.6 Å². The fraction of sp³-hybridized carbons (Fsp3) is 0.364. The van der Waals surface area contributed by atoms with E-state index in [-0.39, 0.29) is 23.6 Å². The Kier molecular flexibility index (Phi) is 5.35. The van der Waals surface area contributed by atoms with Gasteiger partial charge in [0.15, 0.2) is 5.78 Å². The molecule has 16 heavy (non-hydrogen) atoms. The van der Waals surface area contributed by atoms with Crippen molar-refractivity contribution in [2.75, 3.05) is 5.33 Å². The first-order chi connectivity index (χ1) is 7.58. The lowest BCUT2D eigenvalue weighted by Crippen LogP contribution is -2.02. The molecule has 88 valence electrons. The van der Waals surface area contributed by atoms with Gasteiger partial charge >= 0.3 is 0 Å². The van der Waals surface area contributed by atoms with Gasteiger partial charge in [0, 0.05) is 28.8 Å². The zero-order chi connectivity index (χ0) is 12.1. The second-order valence-corrected chi connectivity index (χ2v) is 4.32. The molecule has 0 radical (unpaired) electrons. The third-order valence-electron chi connectivity index (χ3n) is 2.06. The maximum atomic E-state index is 12.5. The fourth-order valence-corrected chi connectivity index (χ4v) is 1.83. The van der Waals surface area contributed by atoms with Crippen LogP contribution in [0.2, 0.25) is 0 Å². The number of rotatable bonds is 5. The second-order valence-electron chi connectivity index (χ2n) is 3.26. The number of carbonyl (C=O) groups excluding carboxylic acids is 1. The molecule has 0 aromatic heterocycles. The number of carbonyl (C=O) groups is 1. The van der Waals surface area contributed by atoms with Crippen LogP contribution in [0.4, 0.5) is 8.78 Å². The van der Waals surface area contributed by atoms with Crippen molar-refractivity contribution in [2.45, 2.75) is 18.7 Å². The highest BCUT2D eigenvalue weighted by Gasteiger charge is 2.13. The number of alkyl halides is 4. The van der Waals surface area contributed by atoms with E-state index < -0.39 is 6.43 Å². The minimum atomic E-state index is -2.58. The summed E-state index contributed by atoms with van der Waals surface area (Å²) in [5.41, 5.74) is 0.682. The maximum Gasteiger partial charge on any atom is 0.263 e. The monoisotopic (exact) mass is 310 g/mol. The molecule has 0 fully saturated rings. The summed E-state index contributed by atoms with van der Waals surface area (Å²) in [5, 5.41) is 0.515. The van der Waals surface area contributed by atoms with Crippen molar-refractivity contribution in [3.05, 3.63) is 34.9 Å². The van der Waals surface area contributed by atoms with Crippen LogP contribution >= 0.6 is 27.5 Å². The van der Waals surface area contributed by atoms with Crippen LogP contribution < -0.4 is 0 Å². The highest BCUT2D eigenvalue weighted by molar-refractivity contribution is 9.09. The van der Waals surface area contributed by atoms with Crippen molar-refractivity contribution in [3.63, 3.8) is 0 Å². The molecule has 1 aromatic carbocycles. The standard InChI is InChI=1S/C11H10BrClF2O/c12-2-1-10(16)8-3-7(6-13)4-9(5-8)11(14)15/h3-5,11H,1-2,6H2. The average molecular weight is 312 g/mol. The van der Waals surface area contributed by atoms with Crippen LogP contribution in [0.5, 0.6) is 0 Å². The van der Waals surface area contributed by atoms with Gasteiger partial charge in [-0.2, -0.15) is 0 Å². The van der Waals surface area contributed by atoms with Gasteiger partial charge < -0.3 is 0 Å². The summed E-state index contributed by atoms with van der Waals surface area (Å²) in [6, 6.07) is 4.11. The Morgan fingerprint density at radius 1 is 1.38 bits per heavy atom. The Labute approximate surface area is 106 Å². The number of ketones is 1. The summed E-state index contributed by atoms with van der Waals surface area (Å²) in [7, 11) is 0. The maximum absolute atomic E-state index is 12.5. The van der Waals surface area contributed by atoms with Gasteiger partial charge in [0.1, 0.15) is 0 Å². The van der Waals surface area contributed by atoms with Gasteiger partial charge in [0.05, 0.1) is 0 Å². The van der Waals surface area contributed by atoms with Crippen LogP contribution in [0.25, 0.3) is 0 Å². The summed E-state index contributed by atoms with van der Waals surface area (Å²) in [6.45, 7) is 0. The first-order valence-electron chi connectivity index (χ1n) is 4.65. The smallest absolute Gasteiger partial charge is 0.263 e. The van der Waals surface area contributed by atoms with E-state index >= 15 is 0 Å². The van der Waals surface area contributed by atoms with Gasteiger partial charge in [-0.25, -0.2) is 8.78 Å². The molecule has 0 aliphatic heterocycles. The molecule has 1 aromatic rings. The van der Waals surface area contributed by atoms with E-state index in [2.05, 4.69) is 15.9 Å². The molecule has 0 atom stereocenters. The van der Waals surface area contributed by atoms with E-state index in [1.807, 2.05) is 0 Å². The van der Waals surface area contributed by atoms with E-state index in [9.17, 15) is 13.6 Å². The number of Topliss-reactive ketones (excluding diaryl/α,β-unsaturated/α-hetero) is 1. The first-order valence-corrected chi connectivity index (χ1v) is 6.31. The zero-order valence-electron chi connectivity index (χ0n) is 8.35. The van der Waals surface area contributed by atoms with E-state index in [0.717, 1.165) is 0 Å². The van der Waals surface area contributed by atoms with Crippen LogP contribution in [-0.2, 0) is 5.88 Å². The Bertz CT molecular complexity index is 382. The Morgan fingerprint density at radius 2 is 2.06 bits per heavy atom. The van der Waals surface area contributed by atoms with Gasteiger partial charge in [0.25, 0.3) is 6.43 Å². The number of halogens is 4. The molecule has 0 heterocycles. The molecule has 0 N–H and O–H groups in total. The molecule has 0 unspecified atom stereocenters. The molecule has 0 aliphatic rings. The molecule has 0 amide bonds. The molecular weight excluding hydrogens is 301 g/mol. The SMILES string of the molecule is O=C(CCBr)c1cc(CCl)cc(C(F)F)c1. The molecule has 1 nitrogen and oxygen atoms in total. The Morgan fingerprint density at radius 3 is 2.56 bits per heavy atom. The van der Waals surface area contributed by atoms with E-state index in [1.54, 1.807) is 6.07 Å². The molecule has 1 rings (SSSR count). The number of hydrogen-bond donors (Lipinski definition) is 0. The topological polar surface area (TPSA) is 17.1 Å². The lowest BCUT2D eigenvalue weighted by Gasteiger charge is -2.06. The molecule has 0 aliphatic carbocycles. The molecule has 5 heteroatoms. The summed E-state index contributed by atoms with van der Waals surface area (Å²) in [5.74, 6) is -0.0412. The van der Waals surface area contributed by atoms with Crippen LogP contribution in [0.15, 0.2) is 18.2 Å². The first kappa shape index (κ1) is 13.6. The second kappa shape index (κ2) is 6.30. The van der Waals surface area contributed by atoms with Crippen molar-refractivity contribution in [3.8, 4) is 0 Å². The molecular formula is C11H10BrClF2O. The van der Waals surface area contributed by atoms with Crippen LogP contribution in [0.1, 0.15) is 34.3 Å². The summed E-state index contributed by atoms with van der Waals surface area (Å²) >= 11 is 8.73.